The fourth-order valence-electron chi connectivity index (χ4n) is 3.37. The summed E-state index contributed by atoms with van der Waals surface area (Å²) < 4.78 is 17.8. The molecule has 12 heteroatoms. The predicted molar refractivity (Wildman–Crippen MR) is 125 cm³/mol. The number of hydrogen-bond acceptors (Lipinski definition) is 9. The molecule has 4 aromatic rings. The quantitative estimate of drug-likeness (QED) is 0.218. The minimum Gasteiger partial charge on any atom is -0.493 e. The van der Waals surface area contributed by atoms with Crippen LogP contribution < -0.4 is 19.5 Å². The van der Waals surface area contributed by atoms with Gasteiger partial charge in [-0.15, -0.1) is 15.3 Å². The Hall–Kier alpha value is -4.74. The van der Waals surface area contributed by atoms with Crippen molar-refractivity contribution in [2.24, 2.45) is 0 Å². The standard InChI is InChI=1S/C23H22N6O6/c1-14-4-5-16(12-17(14)29(31)32)23(30)24-10-11-35-21-9-8-20-25-26-22(28(20)27-21)15-6-7-18(33-2)19(13-15)34-3/h4-9,12-13H,10-11H2,1-3H3,(H,24,30). The van der Waals surface area contributed by atoms with Crippen LogP contribution in [0.3, 0.4) is 0 Å². The molecule has 180 valence electrons. The zero-order chi connectivity index (χ0) is 24.9. The number of nitrogens with zero attached hydrogens (tertiary/aromatic N) is 5. The van der Waals surface area contributed by atoms with E-state index >= 15 is 0 Å². The van der Waals surface area contributed by atoms with Crippen molar-refractivity contribution < 1.29 is 23.9 Å². The SMILES string of the molecule is COc1ccc(-c2nnc3ccc(OCCNC(=O)c4ccc(C)c([N+](=O)[O-])c4)nn23)cc1OC. The molecule has 0 aliphatic carbocycles. The topological polar surface area (TPSA) is 143 Å². The van der Waals surface area contributed by atoms with Crippen molar-refractivity contribution >= 4 is 17.2 Å². The highest BCUT2D eigenvalue weighted by Crippen LogP contribution is 2.31. The monoisotopic (exact) mass is 478 g/mol. The number of ether oxygens (including phenoxy) is 3. The van der Waals surface area contributed by atoms with Crippen LogP contribution in [0.15, 0.2) is 48.5 Å². The van der Waals surface area contributed by atoms with Crippen LogP contribution in [0.25, 0.3) is 17.0 Å². The summed E-state index contributed by atoms with van der Waals surface area (Å²) in [6.45, 7) is 1.92. The number of aromatic nitrogens is 4. The minimum atomic E-state index is -0.516. The third kappa shape index (κ3) is 4.95. The Morgan fingerprint density at radius 1 is 1.06 bits per heavy atom. The molecular formula is C23H22N6O6. The summed E-state index contributed by atoms with van der Waals surface area (Å²) in [6, 6.07) is 13.0. The van der Waals surface area contributed by atoms with Crippen LogP contribution in [0, 0.1) is 17.0 Å². The smallest absolute Gasteiger partial charge is 0.273 e. The summed E-state index contributed by atoms with van der Waals surface area (Å²) in [5.74, 6) is 1.49. The highest BCUT2D eigenvalue weighted by atomic mass is 16.6. The lowest BCUT2D eigenvalue weighted by molar-refractivity contribution is -0.385. The first-order valence-electron chi connectivity index (χ1n) is 10.5. The van der Waals surface area contributed by atoms with Crippen LogP contribution in [-0.4, -0.2) is 58.0 Å². The Labute approximate surface area is 199 Å². The van der Waals surface area contributed by atoms with Gasteiger partial charge in [-0.05, 0) is 37.3 Å². The van der Waals surface area contributed by atoms with Gasteiger partial charge in [-0.2, -0.15) is 4.52 Å². The van der Waals surface area contributed by atoms with Crippen LogP contribution in [0.5, 0.6) is 17.4 Å². The van der Waals surface area contributed by atoms with E-state index < -0.39 is 10.8 Å². The van der Waals surface area contributed by atoms with Crippen molar-refractivity contribution in [1.29, 1.82) is 0 Å². The summed E-state index contributed by atoms with van der Waals surface area (Å²) in [5.41, 5.74) is 1.82. The van der Waals surface area contributed by atoms with Gasteiger partial charge in [-0.1, -0.05) is 6.07 Å². The molecule has 0 spiro atoms. The number of aryl methyl sites for hydroxylation is 1. The summed E-state index contributed by atoms with van der Waals surface area (Å²) in [5, 5.41) is 26.5. The Morgan fingerprint density at radius 3 is 2.60 bits per heavy atom. The predicted octanol–water partition coefficient (Wildman–Crippen LogP) is 2.83. The number of methoxy groups -OCH3 is 2. The minimum absolute atomic E-state index is 0.106. The summed E-state index contributed by atoms with van der Waals surface area (Å²) in [6.07, 6.45) is 0. The summed E-state index contributed by atoms with van der Waals surface area (Å²) in [4.78, 5) is 22.9. The third-order valence-corrected chi connectivity index (χ3v) is 5.19. The van der Waals surface area contributed by atoms with Gasteiger partial charge in [0.2, 0.25) is 5.88 Å². The van der Waals surface area contributed by atoms with Gasteiger partial charge in [0.05, 0.1) is 25.7 Å². The average molecular weight is 478 g/mol. The third-order valence-electron chi connectivity index (χ3n) is 5.19. The first kappa shape index (κ1) is 23.4. The van der Waals surface area contributed by atoms with E-state index in [0.717, 1.165) is 5.56 Å². The molecule has 0 fully saturated rings. The molecule has 0 bridgehead atoms. The van der Waals surface area contributed by atoms with E-state index in [1.807, 2.05) is 6.07 Å². The second-order valence-electron chi connectivity index (χ2n) is 7.40. The molecule has 4 rings (SSSR count). The molecule has 0 saturated heterocycles. The number of carbonyl (C=O) groups is 1. The van der Waals surface area contributed by atoms with Crippen LogP contribution in [0.2, 0.25) is 0 Å². The molecule has 1 N–H and O–H groups in total. The van der Waals surface area contributed by atoms with Gasteiger partial charge in [0.15, 0.2) is 23.0 Å². The average Bonchev–Trinajstić information content (AvgIpc) is 3.29. The summed E-state index contributed by atoms with van der Waals surface area (Å²) in [7, 11) is 3.11. The number of amides is 1. The molecular weight excluding hydrogens is 456 g/mol. The van der Waals surface area contributed by atoms with Crippen molar-refractivity contribution in [3.8, 4) is 28.8 Å². The molecule has 0 aliphatic heterocycles. The molecule has 2 aromatic heterocycles. The van der Waals surface area contributed by atoms with Crippen LogP contribution >= 0.6 is 0 Å². The Kier molecular flexibility index (Phi) is 6.71. The fourth-order valence-corrected chi connectivity index (χ4v) is 3.37. The van der Waals surface area contributed by atoms with E-state index in [1.165, 1.54) is 18.2 Å². The molecule has 0 atom stereocenters. The van der Waals surface area contributed by atoms with Crippen molar-refractivity contribution in [1.82, 2.24) is 25.1 Å². The lowest BCUT2D eigenvalue weighted by Crippen LogP contribution is -2.28. The molecule has 1 amide bonds. The highest BCUT2D eigenvalue weighted by molar-refractivity contribution is 5.95. The molecule has 0 unspecified atom stereocenters. The Balaban J connectivity index is 1.42. The maximum Gasteiger partial charge on any atom is 0.273 e. The normalized spacial score (nSPS) is 10.7. The number of benzene rings is 2. The van der Waals surface area contributed by atoms with E-state index in [-0.39, 0.29) is 24.4 Å². The first-order chi connectivity index (χ1) is 16.9. The van der Waals surface area contributed by atoms with Crippen molar-refractivity contribution in [3.63, 3.8) is 0 Å². The number of rotatable bonds is 9. The second kappa shape index (κ2) is 10.0. The van der Waals surface area contributed by atoms with Crippen molar-refractivity contribution in [3.05, 3.63) is 69.8 Å². The highest BCUT2D eigenvalue weighted by Gasteiger charge is 2.16. The van der Waals surface area contributed by atoms with E-state index in [9.17, 15) is 14.9 Å². The molecule has 2 heterocycles. The molecule has 0 radical (unpaired) electrons. The van der Waals surface area contributed by atoms with E-state index in [4.69, 9.17) is 14.2 Å². The number of nitro groups is 1. The van der Waals surface area contributed by atoms with Gasteiger partial charge in [0.1, 0.15) is 6.61 Å². The van der Waals surface area contributed by atoms with Crippen LogP contribution in [0.4, 0.5) is 5.69 Å². The van der Waals surface area contributed by atoms with Crippen LogP contribution in [0.1, 0.15) is 15.9 Å². The number of nitrogens with one attached hydrogen (secondary N) is 1. The van der Waals surface area contributed by atoms with Crippen molar-refractivity contribution in [2.75, 3.05) is 27.4 Å². The van der Waals surface area contributed by atoms with E-state index in [1.54, 1.807) is 49.9 Å². The number of hydrogen-bond donors (Lipinski definition) is 1. The lowest BCUT2D eigenvalue weighted by atomic mass is 10.1. The van der Waals surface area contributed by atoms with Crippen molar-refractivity contribution in [2.45, 2.75) is 6.92 Å². The van der Waals surface area contributed by atoms with E-state index in [2.05, 4.69) is 20.6 Å². The van der Waals surface area contributed by atoms with Gasteiger partial charge < -0.3 is 19.5 Å². The van der Waals surface area contributed by atoms with Gasteiger partial charge in [0.25, 0.3) is 11.6 Å². The molecule has 0 aliphatic rings. The van der Waals surface area contributed by atoms with Gasteiger partial charge in [0, 0.05) is 28.8 Å². The number of carbonyl (C=O) groups excluding carboxylic acids is 1. The molecule has 2 aromatic carbocycles. The Bertz CT molecular complexity index is 1400. The zero-order valence-corrected chi connectivity index (χ0v) is 19.2. The Morgan fingerprint density at radius 2 is 1.86 bits per heavy atom. The van der Waals surface area contributed by atoms with Gasteiger partial charge in [-0.3, -0.25) is 14.9 Å². The van der Waals surface area contributed by atoms with E-state index in [0.29, 0.717) is 34.4 Å². The molecule has 0 saturated carbocycles. The zero-order valence-electron chi connectivity index (χ0n) is 19.2. The van der Waals surface area contributed by atoms with Crippen LogP contribution in [-0.2, 0) is 0 Å². The van der Waals surface area contributed by atoms with Gasteiger partial charge in [-0.25, -0.2) is 0 Å². The molecule has 35 heavy (non-hydrogen) atoms. The maximum absolute atomic E-state index is 12.3. The van der Waals surface area contributed by atoms with Gasteiger partial charge >= 0.3 is 0 Å². The largest absolute Gasteiger partial charge is 0.493 e. The second-order valence-corrected chi connectivity index (χ2v) is 7.40. The fraction of sp³-hybridized carbons (Fsp3) is 0.217. The first-order valence-corrected chi connectivity index (χ1v) is 10.5. The summed E-state index contributed by atoms with van der Waals surface area (Å²) >= 11 is 0. The lowest BCUT2D eigenvalue weighted by Gasteiger charge is -2.09. The number of nitro benzene ring substituents is 1. The maximum atomic E-state index is 12.3. The number of fused-ring (bicyclic) bond motifs is 1. The molecule has 12 nitrogen and oxygen atoms in total.